The minimum Gasteiger partial charge on any atom is -0.376 e. The van der Waals surface area contributed by atoms with Gasteiger partial charge < -0.3 is 15.0 Å². The van der Waals surface area contributed by atoms with Gasteiger partial charge in [0.15, 0.2) is 4.96 Å². The molecule has 0 radical (unpaired) electrons. The number of unbranched alkanes of at least 4 members (excludes halogenated alkanes) is 1. The molecule has 7 heteroatoms. The maximum absolute atomic E-state index is 12.8. The highest BCUT2D eigenvalue weighted by Gasteiger charge is 2.23. The van der Waals surface area contributed by atoms with E-state index in [1.54, 1.807) is 11.3 Å². The monoisotopic (exact) mass is 426 g/mol. The lowest BCUT2D eigenvalue weighted by atomic mass is 10.2. The van der Waals surface area contributed by atoms with Gasteiger partial charge in [0.25, 0.3) is 0 Å². The van der Waals surface area contributed by atoms with E-state index in [2.05, 4.69) is 40.4 Å². The van der Waals surface area contributed by atoms with Crippen molar-refractivity contribution in [2.45, 2.75) is 45.1 Å². The lowest BCUT2D eigenvalue weighted by Gasteiger charge is -2.25. The lowest BCUT2D eigenvalue weighted by molar-refractivity contribution is 0.0815. The van der Waals surface area contributed by atoms with Gasteiger partial charge in [-0.1, -0.05) is 43.7 Å². The van der Waals surface area contributed by atoms with Crippen LogP contribution in [0.5, 0.6) is 0 Å². The fourth-order valence-corrected chi connectivity index (χ4v) is 4.71. The van der Waals surface area contributed by atoms with E-state index < -0.39 is 0 Å². The van der Waals surface area contributed by atoms with Crippen LogP contribution in [-0.4, -0.2) is 52.7 Å². The predicted octanol–water partition coefficient (Wildman–Crippen LogP) is 4.60. The van der Waals surface area contributed by atoms with Crippen LogP contribution in [0.4, 0.5) is 4.79 Å². The van der Waals surface area contributed by atoms with Crippen LogP contribution in [0.1, 0.15) is 38.3 Å². The smallest absolute Gasteiger partial charge is 0.317 e. The first-order valence-corrected chi connectivity index (χ1v) is 11.8. The SMILES string of the molecule is CCCCNC(=O)N(CCc1csc2nc(-c3ccccc3)cn12)CC1CCCO1. The van der Waals surface area contributed by atoms with E-state index in [1.165, 1.54) is 5.69 Å². The highest BCUT2D eigenvalue weighted by Crippen LogP contribution is 2.24. The number of hydrogen-bond acceptors (Lipinski definition) is 4. The van der Waals surface area contributed by atoms with Gasteiger partial charge in [-0.15, -0.1) is 11.3 Å². The summed E-state index contributed by atoms with van der Waals surface area (Å²) in [5.74, 6) is 0. The second kappa shape index (κ2) is 10.1. The summed E-state index contributed by atoms with van der Waals surface area (Å²) in [7, 11) is 0. The van der Waals surface area contributed by atoms with E-state index in [4.69, 9.17) is 9.72 Å². The number of nitrogens with zero attached hydrogens (tertiary/aromatic N) is 3. The maximum Gasteiger partial charge on any atom is 0.317 e. The summed E-state index contributed by atoms with van der Waals surface area (Å²) < 4.78 is 7.94. The van der Waals surface area contributed by atoms with Crippen LogP contribution in [0.3, 0.4) is 0 Å². The quantitative estimate of drug-likeness (QED) is 0.509. The van der Waals surface area contributed by atoms with Crippen molar-refractivity contribution in [2.75, 3.05) is 26.2 Å². The zero-order valence-electron chi connectivity index (χ0n) is 17.5. The van der Waals surface area contributed by atoms with Gasteiger partial charge in [-0.2, -0.15) is 0 Å². The molecule has 1 aromatic carbocycles. The third-order valence-electron chi connectivity index (χ3n) is 5.53. The van der Waals surface area contributed by atoms with Gasteiger partial charge in [0.05, 0.1) is 11.8 Å². The Kier molecular flexibility index (Phi) is 7.02. The molecule has 1 saturated heterocycles. The van der Waals surface area contributed by atoms with Crippen molar-refractivity contribution >= 4 is 22.3 Å². The topological polar surface area (TPSA) is 58.9 Å². The van der Waals surface area contributed by atoms with Gasteiger partial charge in [0, 0.05) is 55.5 Å². The highest BCUT2D eigenvalue weighted by molar-refractivity contribution is 7.15. The molecule has 1 fully saturated rings. The molecule has 1 N–H and O–H groups in total. The third-order valence-corrected chi connectivity index (χ3v) is 6.42. The van der Waals surface area contributed by atoms with Crippen molar-refractivity contribution in [3.05, 3.63) is 47.6 Å². The molecule has 0 aliphatic carbocycles. The van der Waals surface area contributed by atoms with Gasteiger partial charge in [-0.3, -0.25) is 4.40 Å². The Balaban J connectivity index is 1.44. The summed E-state index contributed by atoms with van der Waals surface area (Å²) in [6, 6.07) is 10.3. The van der Waals surface area contributed by atoms with E-state index in [0.29, 0.717) is 13.1 Å². The average molecular weight is 427 g/mol. The molecule has 2 amide bonds. The fraction of sp³-hybridized carbons (Fsp3) is 0.478. The zero-order chi connectivity index (χ0) is 20.8. The first-order chi connectivity index (χ1) is 14.7. The van der Waals surface area contributed by atoms with Crippen molar-refractivity contribution in [2.24, 2.45) is 0 Å². The van der Waals surface area contributed by atoms with Crippen molar-refractivity contribution < 1.29 is 9.53 Å². The van der Waals surface area contributed by atoms with Gasteiger partial charge in [0.1, 0.15) is 0 Å². The standard InChI is InChI=1S/C23H30N4O2S/c1-2-3-12-24-22(28)26(15-20-10-7-14-29-20)13-11-19-17-30-23-25-21(16-27(19)23)18-8-5-4-6-9-18/h4-6,8-9,16-17,20H,2-3,7,10-15H2,1H3,(H,24,28). The first-order valence-electron chi connectivity index (χ1n) is 10.9. The molecule has 30 heavy (non-hydrogen) atoms. The Morgan fingerprint density at radius 3 is 3.00 bits per heavy atom. The summed E-state index contributed by atoms with van der Waals surface area (Å²) in [6.45, 7) is 4.99. The van der Waals surface area contributed by atoms with Crippen molar-refractivity contribution in [1.29, 1.82) is 0 Å². The number of amides is 2. The number of carbonyl (C=O) groups is 1. The number of fused-ring (bicyclic) bond motifs is 1. The van der Waals surface area contributed by atoms with E-state index in [-0.39, 0.29) is 12.1 Å². The van der Waals surface area contributed by atoms with E-state index in [9.17, 15) is 4.79 Å². The van der Waals surface area contributed by atoms with Crippen LogP contribution in [0, 0.1) is 0 Å². The number of imidazole rings is 1. The van der Waals surface area contributed by atoms with Crippen LogP contribution in [0.2, 0.25) is 0 Å². The highest BCUT2D eigenvalue weighted by atomic mass is 32.1. The van der Waals surface area contributed by atoms with Crippen LogP contribution in [-0.2, 0) is 11.2 Å². The number of thiazole rings is 1. The van der Waals surface area contributed by atoms with Crippen molar-refractivity contribution in [3.63, 3.8) is 0 Å². The number of hydrogen-bond donors (Lipinski definition) is 1. The fourth-order valence-electron chi connectivity index (χ4n) is 3.80. The minimum atomic E-state index is 0.0148. The molecule has 1 aliphatic heterocycles. The Morgan fingerprint density at radius 1 is 1.37 bits per heavy atom. The molecule has 1 atom stereocenters. The summed E-state index contributed by atoms with van der Waals surface area (Å²) in [5, 5.41) is 5.21. The van der Waals surface area contributed by atoms with Gasteiger partial charge in [0.2, 0.25) is 0 Å². The average Bonchev–Trinajstić information content (AvgIpc) is 3.50. The Bertz CT molecular complexity index is 947. The Morgan fingerprint density at radius 2 is 2.23 bits per heavy atom. The summed E-state index contributed by atoms with van der Waals surface area (Å²) in [4.78, 5) is 20.4. The molecule has 1 unspecified atom stereocenters. The molecule has 2 aromatic heterocycles. The van der Waals surface area contributed by atoms with E-state index >= 15 is 0 Å². The number of aromatic nitrogens is 2. The number of nitrogens with one attached hydrogen (secondary N) is 1. The number of benzene rings is 1. The van der Waals surface area contributed by atoms with Crippen LogP contribution >= 0.6 is 11.3 Å². The zero-order valence-corrected chi connectivity index (χ0v) is 18.4. The molecule has 6 nitrogen and oxygen atoms in total. The molecule has 4 rings (SSSR count). The molecule has 0 spiro atoms. The predicted molar refractivity (Wildman–Crippen MR) is 121 cm³/mol. The van der Waals surface area contributed by atoms with Gasteiger partial charge in [-0.25, -0.2) is 9.78 Å². The second-order valence-electron chi connectivity index (χ2n) is 7.79. The number of urea groups is 1. The van der Waals surface area contributed by atoms with Crippen LogP contribution < -0.4 is 5.32 Å². The molecule has 3 heterocycles. The minimum absolute atomic E-state index is 0.0148. The molecule has 3 aromatic rings. The largest absolute Gasteiger partial charge is 0.376 e. The first kappa shape index (κ1) is 20.9. The molecule has 0 saturated carbocycles. The summed E-state index contributed by atoms with van der Waals surface area (Å²) in [6.07, 6.45) is 7.23. The lowest BCUT2D eigenvalue weighted by Crippen LogP contribution is -2.45. The Labute approximate surface area is 181 Å². The van der Waals surface area contributed by atoms with Crippen LogP contribution in [0.15, 0.2) is 41.9 Å². The molecular weight excluding hydrogens is 396 g/mol. The van der Waals surface area contributed by atoms with E-state index in [1.807, 2.05) is 23.1 Å². The number of carbonyl (C=O) groups excluding carboxylic acids is 1. The van der Waals surface area contributed by atoms with E-state index in [0.717, 1.165) is 61.5 Å². The summed E-state index contributed by atoms with van der Waals surface area (Å²) in [5.41, 5.74) is 3.29. The molecular formula is C23H30N4O2S. The molecule has 160 valence electrons. The maximum atomic E-state index is 12.8. The normalized spacial score (nSPS) is 16.2. The third kappa shape index (κ3) is 5.02. The van der Waals surface area contributed by atoms with Crippen LogP contribution in [0.25, 0.3) is 16.2 Å². The number of rotatable bonds is 9. The number of ether oxygens (including phenoxy) is 1. The second-order valence-corrected chi connectivity index (χ2v) is 8.62. The Hall–Kier alpha value is -2.38. The van der Waals surface area contributed by atoms with Gasteiger partial charge in [-0.05, 0) is 19.3 Å². The molecule has 1 aliphatic rings. The molecule has 0 bridgehead atoms. The van der Waals surface area contributed by atoms with Gasteiger partial charge >= 0.3 is 6.03 Å². The van der Waals surface area contributed by atoms with Crippen molar-refractivity contribution in [3.8, 4) is 11.3 Å². The van der Waals surface area contributed by atoms with Crippen molar-refractivity contribution in [1.82, 2.24) is 19.6 Å². The summed E-state index contributed by atoms with van der Waals surface area (Å²) >= 11 is 1.65.